The molecule has 3 rings (SSSR count). The van der Waals surface area contributed by atoms with Crippen molar-refractivity contribution < 1.29 is 31.4 Å². The summed E-state index contributed by atoms with van der Waals surface area (Å²) < 4.78 is 81.1. The Kier molecular flexibility index (Phi) is 6.60. The number of hydrogen-bond donors (Lipinski definition) is 2. The molecule has 0 unspecified atom stereocenters. The number of benzene rings is 1. The zero-order chi connectivity index (χ0) is 24.9. The van der Waals surface area contributed by atoms with Gasteiger partial charge in [0, 0.05) is 29.1 Å². The third kappa shape index (κ3) is 4.01. The average Bonchev–Trinajstić information content (AvgIpc) is 3.01. The third-order valence-electron chi connectivity index (χ3n) is 6.62. The molecule has 0 spiro atoms. The van der Waals surface area contributed by atoms with Crippen molar-refractivity contribution in [2.45, 2.75) is 57.5 Å². The van der Waals surface area contributed by atoms with Crippen molar-refractivity contribution in [1.82, 2.24) is 15.3 Å². The zero-order valence-electron chi connectivity index (χ0n) is 19.0. The quantitative estimate of drug-likeness (QED) is 0.625. The Morgan fingerprint density at radius 2 is 1.94 bits per heavy atom. The van der Waals surface area contributed by atoms with Gasteiger partial charge in [-0.05, 0) is 33.9 Å². The van der Waals surface area contributed by atoms with Gasteiger partial charge in [-0.2, -0.15) is 22.5 Å². The summed E-state index contributed by atoms with van der Waals surface area (Å²) in [6.07, 6.45) is -6.20. The highest BCUT2D eigenvalue weighted by Crippen LogP contribution is 2.59. The molecule has 0 bridgehead atoms. The Labute approximate surface area is 187 Å². The second kappa shape index (κ2) is 8.68. The van der Waals surface area contributed by atoms with Crippen LogP contribution in [0, 0.1) is 24.5 Å². The maximum atomic E-state index is 14.5. The maximum Gasteiger partial charge on any atom is 0.417 e. The van der Waals surface area contributed by atoms with E-state index in [1.165, 1.54) is 13.0 Å². The average molecular weight is 475 g/mol. The van der Waals surface area contributed by atoms with Gasteiger partial charge in [0.25, 0.3) is 5.56 Å². The second-order valence-corrected chi connectivity index (χ2v) is 8.42. The summed E-state index contributed by atoms with van der Waals surface area (Å²) >= 11 is 0. The lowest BCUT2D eigenvalue weighted by molar-refractivity contribution is -0.275. The fourth-order valence-corrected chi connectivity index (χ4v) is 4.46. The Morgan fingerprint density at radius 1 is 1.30 bits per heavy atom. The Balaban J connectivity index is 2.25. The van der Waals surface area contributed by atoms with Crippen LogP contribution in [0.4, 0.5) is 22.0 Å². The van der Waals surface area contributed by atoms with Crippen molar-refractivity contribution in [3.63, 3.8) is 0 Å². The van der Waals surface area contributed by atoms with E-state index in [1.54, 1.807) is 20.9 Å². The molecule has 0 radical (unpaired) electrons. The summed E-state index contributed by atoms with van der Waals surface area (Å²) in [5.74, 6) is -5.60. The first-order chi connectivity index (χ1) is 15.3. The topological polar surface area (TPSA) is 76.2 Å². The monoisotopic (exact) mass is 475 g/mol. The van der Waals surface area contributed by atoms with Crippen LogP contribution in [0.3, 0.4) is 0 Å². The molecule has 2 heterocycles. The van der Waals surface area contributed by atoms with E-state index in [1.807, 2.05) is 0 Å². The molecule has 1 aliphatic rings. The summed E-state index contributed by atoms with van der Waals surface area (Å²) in [5, 5.41) is 2.92. The highest BCUT2D eigenvalue weighted by Gasteiger charge is 2.65. The lowest BCUT2D eigenvalue weighted by Gasteiger charge is -2.32. The molecule has 1 aliphatic heterocycles. The molecule has 182 valence electrons. The summed E-state index contributed by atoms with van der Waals surface area (Å²) in [6.45, 7) is 5.54. The number of rotatable bonds is 5. The number of H-pyrrole nitrogens is 1. The number of nitrogens with zero attached hydrogens (tertiary/aromatic N) is 1. The Hall–Kier alpha value is -2.53. The molecule has 33 heavy (non-hydrogen) atoms. The van der Waals surface area contributed by atoms with E-state index < -0.39 is 52.7 Å². The van der Waals surface area contributed by atoms with Crippen LogP contribution in [0.15, 0.2) is 16.9 Å². The molecule has 1 fully saturated rings. The molecule has 11 heteroatoms. The number of aromatic nitrogens is 2. The number of aromatic amines is 1. The van der Waals surface area contributed by atoms with Crippen LogP contribution in [0.25, 0.3) is 0 Å². The standard InChI is InChI=1S/C22H26F5N3O3/c1-9-14(12-7-8-13(23)16(24)17(12)32-6)18(33-21(9,4)22(25,26)27)19-29-11(3)15(10(2)28-5)20(31)30-19/h7-10,14,18,28H,1-6H3,(H,29,30,31)/t9-,10+,14-,18+,21+/m0/s1. The summed E-state index contributed by atoms with van der Waals surface area (Å²) in [7, 11) is 2.75. The number of nitrogens with one attached hydrogen (secondary N) is 2. The first-order valence-electron chi connectivity index (χ1n) is 10.3. The normalized spacial score (nSPS) is 26.5. The Morgan fingerprint density at radius 3 is 2.45 bits per heavy atom. The van der Waals surface area contributed by atoms with E-state index in [9.17, 15) is 26.7 Å². The lowest BCUT2D eigenvalue weighted by Crippen LogP contribution is -2.46. The molecule has 2 N–H and O–H groups in total. The van der Waals surface area contributed by atoms with Gasteiger partial charge in [-0.1, -0.05) is 13.0 Å². The molecule has 6 nitrogen and oxygen atoms in total. The minimum absolute atomic E-state index is 0.0187. The van der Waals surface area contributed by atoms with Crippen LogP contribution in [0.2, 0.25) is 0 Å². The number of hydrogen-bond acceptors (Lipinski definition) is 5. The fourth-order valence-electron chi connectivity index (χ4n) is 4.46. The molecule has 1 aromatic heterocycles. The maximum absolute atomic E-state index is 14.5. The summed E-state index contributed by atoms with van der Waals surface area (Å²) in [6, 6.07) is 1.62. The fraction of sp³-hybridized carbons (Fsp3) is 0.545. The van der Waals surface area contributed by atoms with E-state index in [2.05, 4.69) is 15.3 Å². The van der Waals surface area contributed by atoms with Crippen molar-refractivity contribution in [3.05, 3.63) is 56.8 Å². The van der Waals surface area contributed by atoms with E-state index in [0.717, 1.165) is 20.1 Å². The zero-order valence-corrected chi connectivity index (χ0v) is 19.0. The largest absolute Gasteiger partial charge is 0.493 e. The number of alkyl halides is 3. The third-order valence-corrected chi connectivity index (χ3v) is 6.62. The van der Waals surface area contributed by atoms with E-state index in [4.69, 9.17) is 9.47 Å². The van der Waals surface area contributed by atoms with Gasteiger partial charge in [-0.15, -0.1) is 0 Å². The molecular formula is C22H26F5N3O3. The molecular weight excluding hydrogens is 449 g/mol. The van der Waals surface area contributed by atoms with Gasteiger partial charge in [0.2, 0.25) is 5.82 Å². The first kappa shape index (κ1) is 25.1. The van der Waals surface area contributed by atoms with Crippen molar-refractivity contribution >= 4 is 0 Å². The molecule has 2 aromatic rings. The molecule has 1 aromatic carbocycles. The summed E-state index contributed by atoms with van der Waals surface area (Å²) in [4.78, 5) is 19.6. The van der Waals surface area contributed by atoms with Gasteiger partial charge in [0.1, 0.15) is 11.9 Å². The van der Waals surface area contributed by atoms with Crippen molar-refractivity contribution in [3.8, 4) is 5.75 Å². The number of methoxy groups -OCH3 is 1. The van der Waals surface area contributed by atoms with Crippen LogP contribution >= 0.6 is 0 Å². The highest BCUT2D eigenvalue weighted by molar-refractivity contribution is 5.41. The van der Waals surface area contributed by atoms with Crippen LogP contribution in [0.1, 0.15) is 61.5 Å². The van der Waals surface area contributed by atoms with E-state index >= 15 is 0 Å². The number of halogens is 5. The van der Waals surface area contributed by atoms with Crippen molar-refractivity contribution in [1.29, 1.82) is 0 Å². The van der Waals surface area contributed by atoms with Crippen LogP contribution in [-0.4, -0.2) is 35.9 Å². The minimum Gasteiger partial charge on any atom is -0.493 e. The van der Waals surface area contributed by atoms with Gasteiger partial charge in [-0.3, -0.25) is 4.79 Å². The number of ether oxygens (including phenoxy) is 2. The number of aryl methyl sites for hydroxylation is 1. The molecule has 5 atom stereocenters. The first-order valence-corrected chi connectivity index (χ1v) is 10.3. The predicted molar refractivity (Wildman–Crippen MR) is 110 cm³/mol. The lowest BCUT2D eigenvalue weighted by atomic mass is 9.77. The van der Waals surface area contributed by atoms with Crippen LogP contribution in [0.5, 0.6) is 5.75 Å². The Bertz CT molecular complexity index is 1100. The minimum atomic E-state index is -4.79. The van der Waals surface area contributed by atoms with Gasteiger partial charge < -0.3 is 19.8 Å². The van der Waals surface area contributed by atoms with Crippen LogP contribution in [-0.2, 0) is 4.74 Å². The van der Waals surface area contributed by atoms with Gasteiger partial charge in [0.05, 0.1) is 12.7 Å². The van der Waals surface area contributed by atoms with Gasteiger partial charge in [0.15, 0.2) is 17.2 Å². The molecule has 0 amide bonds. The summed E-state index contributed by atoms with van der Waals surface area (Å²) in [5.41, 5.74) is -2.57. The SMILES string of the molecule is CN[C@H](C)c1c(C)[nH]c([C@@H]2O[C@@](C)(C(F)(F)F)[C@@H](C)[C@H]2c2ccc(F)c(F)c2OC)nc1=O. The second-order valence-electron chi connectivity index (χ2n) is 8.42. The molecule has 0 saturated carbocycles. The van der Waals surface area contributed by atoms with Crippen molar-refractivity contribution in [2.24, 2.45) is 5.92 Å². The molecule has 1 saturated heterocycles. The van der Waals surface area contributed by atoms with Gasteiger partial charge >= 0.3 is 6.18 Å². The molecule has 0 aliphatic carbocycles. The predicted octanol–water partition coefficient (Wildman–Crippen LogP) is 4.46. The smallest absolute Gasteiger partial charge is 0.417 e. The van der Waals surface area contributed by atoms with E-state index in [-0.39, 0.29) is 17.4 Å². The van der Waals surface area contributed by atoms with E-state index in [0.29, 0.717) is 11.3 Å². The van der Waals surface area contributed by atoms with Crippen molar-refractivity contribution in [2.75, 3.05) is 14.2 Å². The highest BCUT2D eigenvalue weighted by atomic mass is 19.4. The van der Waals surface area contributed by atoms with Crippen LogP contribution < -0.4 is 15.6 Å². The van der Waals surface area contributed by atoms with Gasteiger partial charge in [-0.25, -0.2) is 4.39 Å².